The summed E-state index contributed by atoms with van der Waals surface area (Å²) in [4.78, 5) is 16.9. The van der Waals surface area contributed by atoms with Crippen molar-refractivity contribution in [3.05, 3.63) is 70.2 Å². The van der Waals surface area contributed by atoms with Crippen LogP contribution < -0.4 is 14.8 Å². The van der Waals surface area contributed by atoms with Crippen molar-refractivity contribution >= 4 is 22.9 Å². The molecule has 0 aliphatic carbocycles. The molecule has 0 atom stereocenters. The molecule has 0 radical (unpaired) electrons. The van der Waals surface area contributed by atoms with Gasteiger partial charge >= 0.3 is 0 Å². The number of rotatable bonds is 7. The van der Waals surface area contributed by atoms with Crippen molar-refractivity contribution in [2.24, 2.45) is 0 Å². The molecule has 3 aromatic rings. The Morgan fingerprint density at radius 3 is 2.70 bits per heavy atom. The monoisotopic (exact) mass is 378 g/mol. The minimum absolute atomic E-state index is 0.176. The Labute approximate surface area is 162 Å². The number of amides is 1. The zero-order chi connectivity index (χ0) is 19.1. The van der Waals surface area contributed by atoms with E-state index < -0.39 is 0 Å². The quantitative estimate of drug-likeness (QED) is 0.623. The number of aromatic nitrogens is 1. The molecule has 0 bridgehead atoms. The number of anilines is 1. The highest BCUT2D eigenvalue weighted by molar-refractivity contribution is 7.09. The predicted molar refractivity (Wildman–Crippen MR) is 106 cm³/mol. The number of carbonyl (C=O) groups is 1. The molecule has 0 spiro atoms. The lowest BCUT2D eigenvalue weighted by Gasteiger charge is -2.09. The SMILES string of the molecule is C#CCOc1cccc(NC(=O)c2cccc(OCc3csc(C)n3)c2)c1. The summed E-state index contributed by atoms with van der Waals surface area (Å²) in [6.45, 7) is 2.49. The largest absolute Gasteiger partial charge is 0.487 e. The molecule has 0 fully saturated rings. The second-order valence-corrected chi connectivity index (χ2v) is 6.71. The van der Waals surface area contributed by atoms with E-state index in [2.05, 4.69) is 16.2 Å². The molecule has 3 rings (SSSR count). The minimum Gasteiger partial charge on any atom is -0.487 e. The first-order valence-corrected chi connectivity index (χ1v) is 9.13. The van der Waals surface area contributed by atoms with E-state index in [0.717, 1.165) is 10.7 Å². The van der Waals surface area contributed by atoms with Crippen molar-refractivity contribution in [1.82, 2.24) is 4.98 Å². The molecule has 1 amide bonds. The van der Waals surface area contributed by atoms with Crippen molar-refractivity contribution < 1.29 is 14.3 Å². The third-order valence-electron chi connectivity index (χ3n) is 3.56. The van der Waals surface area contributed by atoms with Crippen LogP contribution in [0.15, 0.2) is 53.9 Å². The van der Waals surface area contributed by atoms with E-state index in [1.807, 2.05) is 18.4 Å². The summed E-state index contributed by atoms with van der Waals surface area (Å²) in [6.07, 6.45) is 5.19. The maximum Gasteiger partial charge on any atom is 0.255 e. The highest BCUT2D eigenvalue weighted by Gasteiger charge is 2.09. The number of ether oxygens (including phenoxy) is 2. The average Bonchev–Trinajstić information content (AvgIpc) is 3.10. The van der Waals surface area contributed by atoms with Crippen LogP contribution in [0.1, 0.15) is 21.1 Å². The van der Waals surface area contributed by atoms with Crippen molar-refractivity contribution in [2.75, 3.05) is 11.9 Å². The van der Waals surface area contributed by atoms with Crippen LogP contribution in [-0.2, 0) is 6.61 Å². The van der Waals surface area contributed by atoms with Gasteiger partial charge < -0.3 is 14.8 Å². The highest BCUT2D eigenvalue weighted by atomic mass is 32.1. The molecule has 5 nitrogen and oxygen atoms in total. The molecule has 1 heterocycles. The number of carbonyl (C=O) groups excluding carboxylic acids is 1. The summed E-state index contributed by atoms with van der Waals surface area (Å²) in [7, 11) is 0. The molecule has 1 N–H and O–H groups in total. The summed E-state index contributed by atoms with van der Waals surface area (Å²) in [5.74, 6) is 3.38. The lowest BCUT2D eigenvalue weighted by Crippen LogP contribution is -2.12. The van der Waals surface area contributed by atoms with Crippen molar-refractivity contribution in [1.29, 1.82) is 0 Å². The molecule has 0 aliphatic rings. The van der Waals surface area contributed by atoms with E-state index in [1.54, 1.807) is 53.8 Å². The van der Waals surface area contributed by atoms with Gasteiger partial charge in [0.25, 0.3) is 5.91 Å². The highest BCUT2D eigenvalue weighted by Crippen LogP contribution is 2.20. The number of thiazole rings is 1. The molecule has 27 heavy (non-hydrogen) atoms. The number of hydrogen-bond donors (Lipinski definition) is 1. The Bertz CT molecular complexity index is 975. The number of nitrogens with one attached hydrogen (secondary N) is 1. The van der Waals surface area contributed by atoms with Gasteiger partial charge in [-0.05, 0) is 37.3 Å². The molecule has 2 aromatic carbocycles. The number of nitrogens with zero attached hydrogens (tertiary/aromatic N) is 1. The van der Waals surface area contributed by atoms with Gasteiger partial charge in [-0.15, -0.1) is 17.8 Å². The smallest absolute Gasteiger partial charge is 0.255 e. The fourth-order valence-electron chi connectivity index (χ4n) is 2.35. The molecule has 0 unspecified atom stereocenters. The number of terminal acetylenes is 1. The van der Waals surface area contributed by atoms with Crippen LogP contribution >= 0.6 is 11.3 Å². The Hall–Kier alpha value is -3.30. The predicted octanol–water partition coefficient (Wildman–Crippen LogP) is 4.29. The summed E-state index contributed by atoms with van der Waals surface area (Å²) in [5.41, 5.74) is 1.99. The molecule has 0 aliphatic heterocycles. The van der Waals surface area contributed by atoms with E-state index in [-0.39, 0.29) is 12.5 Å². The lowest BCUT2D eigenvalue weighted by molar-refractivity contribution is 0.102. The summed E-state index contributed by atoms with van der Waals surface area (Å²) in [6, 6.07) is 14.1. The number of hydrogen-bond acceptors (Lipinski definition) is 5. The normalized spacial score (nSPS) is 10.1. The Balaban J connectivity index is 1.64. The van der Waals surface area contributed by atoms with E-state index in [1.165, 1.54) is 0 Å². The second-order valence-electron chi connectivity index (χ2n) is 5.65. The van der Waals surface area contributed by atoms with Gasteiger partial charge in [0, 0.05) is 22.7 Å². The van der Waals surface area contributed by atoms with Gasteiger partial charge in [-0.2, -0.15) is 0 Å². The van der Waals surface area contributed by atoms with Gasteiger partial charge in [0.05, 0.1) is 10.7 Å². The standard InChI is InChI=1S/C21H18N2O3S/c1-3-10-25-20-9-5-7-17(12-20)23-21(24)16-6-4-8-19(11-16)26-13-18-14-27-15(2)22-18/h1,4-9,11-12,14H,10,13H2,2H3,(H,23,24). The molecule has 0 saturated carbocycles. The third kappa shape index (κ3) is 5.33. The first-order chi connectivity index (χ1) is 13.1. The fourth-order valence-corrected chi connectivity index (χ4v) is 2.95. The first kappa shape index (κ1) is 18.5. The van der Waals surface area contributed by atoms with E-state index in [0.29, 0.717) is 29.4 Å². The topological polar surface area (TPSA) is 60.5 Å². The molecule has 1 aromatic heterocycles. The Kier molecular flexibility index (Phi) is 6.08. The molecule has 136 valence electrons. The van der Waals surface area contributed by atoms with Crippen LogP contribution in [0.25, 0.3) is 0 Å². The van der Waals surface area contributed by atoms with Crippen LogP contribution in [-0.4, -0.2) is 17.5 Å². The van der Waals surface area contributed by atoms with Gasteiger partial charge in [0.15, 0.2) is 0 Å². The third-order valence-corrected chi connectivity index (χ3v) is 4.39. The summed E-state index contributed by atoms with van der Waals surface area (Å²) >= 11 is 1.58. The van der Waals surface area contributed by atoms with Crippen LogP contribution in [0.4, 0.5) is 5.69 Å². The van der Waals surface area contributed by atoms with Gasteiger partial charge in [-0.1, -0.05) is 18.1 Å². The minimum atomic E-state index is -0.237. The lowest BCUT2D eigenvalue weighted by atomic mass is 10.2. The molecular weight excluding hydrogens is 360 g/mol. The second kappa shape index (κ2) is 8.88. The van der Waals surface area contributed by atoms with Gasteiger partial charge in [0.1, 0.15) is 24.7 Å². The average molecular weight is 378 g/mol. The molecule has 0 saturated heterocycles. The van der Waals surface area contributed by atoms with Crippen LogP contribution in [0.2, 0.25) is 0 Å². The maximum atomic E-state index is 12.5. The van der Waals surface area contributed by atoms with Crippen LogP contribution in [0.3, 0.4) is 0 Å². The number of benzene rings is 2. The zero-order valence-electron chi connectivity index (χ0n) is 14.8. The summed E-state index contributed by atoms with van der Waals surface area (Å²) in [5, 5.41) is 5.80. The van der Waals surface area contributed by atoms with Gasteiger partial charge in [0.2, 0.25) is 0 Å². The zero-order valence-corrected chi connectivity index (χ0v) is 15.6. The van der Waals surface area contributed by atoms with Crippen LogP contribution in [0, 0.1) is 19.3 Å². The van der Waals surface area contributed by atoms with Gasteiger partial charge in [-0.3, -0.25) is 4.79 Å². The maximum absolute atomic E-state index is 12.5. The fraction of sp³-hybridized carbons (Fsp3) is 0.143. The molecule has 6 heteroatoms. The number of aryl methyl sites for hydroxylation is 1. The van der Waals surface area contributed by atoms with Crippen LogP contribution in [0.5, 0.6) is 11.5 Å². The van der Waals surface area contributed by atoms with E-state index in [9.17, 15) is 4.79 Å². The van der Waals surface area contributed by atoms with Crippen molar-refractivity contribution in [3.8, 4) is 23.8 Å². The van der Waals surface area contributed by atoms with Gasteiger partial charge in [-0.25, -0.2) is 4.98 Å². The Morgan fingerprint density at radius 1 is 1.19 bits per heavy atom. The first-order valence-electron chi connectivity index (χ1n) is 8.25. The van der Waals surface area contributed by atoms with E-state index >= 15 is 0 Å². The van der Waals surface area contributed by atoms with Crippen molar-refractivity contribution in [2.45, 2.75) is 13.5 Å². The molecular formula is C21H18N2O3S. The Morgan fingerprint density at radius 2 is 1.96 bits per heavy atom. The summed E-state index contributed by atoms with van der Waals surface area (Å²) < 4.78 is 11.1. The van der Waals surface area contributed by atoms with Crippen molar-refractivity contribution in [3.63, 3.8) is 0 Å². The van der Waals surface area contributed by atoms with E-state index in [4.69, 9.17) is 15.9 Å².